The number of nitrogens with one attached hydrogen (secondary N) is 1. The average Bonchev–Trinajstić information content (AvgIpc) is 2.74. The molecule has 96 valence electrons. The highest BCUT2D eigenvalue weighted by Gasteiger charge is 2.23. The molecule has 0 aliphatic carbocycles. The summed E-state index contributed by atoms with van der Waals surface area (Å²) < 4.78 is 32.8. The summed E-state index contributed by atoms with van der Waals surface area (Å²) >= 11 is 0. The predicted octanol–water partition coefficient (Wildman–Crippen LogP) is 0.803. The number of hydrogen-bond donors (Lipinski definition) is 1. The summed E-state index contributed by atoms with van der Waals surface area (Å²) in [6, 6.07) is 1.72. The number of nitrogens with zero attached hydrogens (tertiary/aromatic N) is 2. The Labute approximate surface area is 101 Å². The maximum Gasteiger partial charge on any atom is 0.279 e. The van der Waals surface area contributed by atoms with Crippen LogP contribution in [0, 0.1) is 6.92 Å². The molecule has 0 aromatic carbocycles. The van der Waals surface area contributed by atoms with E-state index in [9.17, 15) is 8.42 Å². The van der Waals surface area contributed by atoms with E-state index in [4.69, 9.17) is 4.52 Å². The third kappa shape index (κ3) is 3.27. The Morgan fingerprint density at radius 1 is 1.41 bits per heavy atom. The molecule has 1 aromatic heterocycles. The van der Waals surface area contributed by atoms with Crippen molar-refractivity contribution in [3.05, 3.63) is 17.5 Å². The molecule has 0 atom stereocenters. The molecule has 1 N–H and O–H groups in total. The SMILES string of the molecule is Cc1cc(CNS(=O)(=O)N2CCCCC2)on1. The van der Waals surface area contributed by atoms with E-state index in [1.54, 1.807) is 13.0 Å². The Bertz CT molecular complexity index is 463. The summed E-state index contributed by atoms with van der Waals surface area (Å²) in [5.41, 5.74) is 0.747. The molecule has 0 unspecified atom stereocenters. The lowest BCUT2D eigenvalue weighted by Gasteiger charge is -2.25. The van der Waals surface area contributed by atoms with E-state index in [1.165, 1.54) is 4.31 Å². The van der Waals surface area contributed by atoms with Crippen molar-refractivity contribution in [1.82, 2.24) is 14.2 Å². The van der Waals surface area contributed by atoms with Gasteiger partial charge in [0.1, 0.15) is 0 Å². The fraction of sp³-hybridized carbons (Fsp3) is 0.700. The minimum Gasteiger partial charge on any atom is -0.360 e. The molecule has 2 heterocycles. The van der Waals surface area contributed by atoms with Gasteiger partial charge in [-0.05, 0) is 19.8 Å². The van der Waals surface area contributed by atoms with Gasteiger partial charge in [0.15, 0.2) is 5.76 Å². The van der Waals surface area contributed by atoms with Gasteiger partial charge in [0, 0.05) is 19.2 Å². The first kappa shape index (κ1) is 12.5. The molecule has 6 nitrogen and oxygen atoms in total. The highest BCUT2D eigenvalue weighted by molar-refractivity contribution is 7.87. The number of aryl methyl sites for hydroxylation is 1. The lowest BCUT2D eigenvalue weighted by molar-refractivity contribution is 0.337. The molecule has 7 heteroatoms. The second-order valence-corrected chi connectivity index (χ2v) is 5.98. The molecule has 0 radical (unpaired) electrons. The summed E-state index contributed by atoms with van der Waals surface area (Å²) in [6.07, 6.45) is 2.97. The van der Waals surface area contributed by atoms with Gasteiger partial charge in [0.2, 0.25) is 0 Å². The minimum atomic E-state index is -3.38. The smallest absolute Gasteiger partial charge is 0.279 e. The topological polar surface area (TPSA) is 75.4 Å². The van der Waals surface area contributed by atoms with Crippen LogP contribution in [0.2, 0.25) is 0 Å². The predicted molar refractivity (Wildman–Crippen MR) is 62.4 cm³/mol. The fourth-order valence-electron chi connectivity index (χ4n) is 1.86. The van der Waals surface area contributed by atoms with Crippen molar-refractivity contribution in [2.75, 3.05) is 13.1 Å². The fourth-order valence-corrected chi connectivity index (χ4v) is 3.10. The first-order valence-electron chi connectivity index (χ1n) is 5.75. The molecule has 1 aliphatic heterocycles. The Morgan fingerprint density at radius 2 is 2.12 bits per heavy atom. The van der Waals surface area contributed by atoms with Gasteiger partial charge in [0.05, 0.1) is 12.2 Å². The Morgan fingerprint density at radius 3 is 2.71 bits per heavy atom. The molecular formula is C10H17N3O3S. The van der Waals surface area contributed by atoms with Crippen LogP contribution < -0.4 is 4.72 Å². The van der Waals surface area contributed by atoms with E-state index >= 15 is 0 Å². The van der Waals surface area contributed by atoms with Crippen molar-refractivity contribution in [2.45, 2.75) is 32.7 Å². The molecule has 1 aromatic rings. The second kappa shape index (κ2) is 5.16. The van der Waals surface area contributed by atoms with E-state index in [0.29, 0.717) is 18.8 Å². The number of piperidine rings is 1. The van der Waals surface area contributed by atoms with Crippen LogP contribution in [0.15, 0.2) is 10.6 Å². The van der Waals surface area contributed by atoms with Gasteiger partial charge in [-0.25, -0.2) is 0 Å². The molecule has 1 saturated heterocycles. The zero-order valence-corrected chi connectivity index (χ0v) is 10.7. The average molecular weight is 259 g/mol. The van der Waals surface area contributed by atoms with Crippen LogP contribution in [0.4, 0.5) is 0 Å². The number of aromatic nitrogens is 1. The molecule has 1 aliphatic rings. The van der Waals surface area contributed by atoms with Crippen LogP contribution in [0.25, 0.3) is 0 Å². The molecular weight excluding hydrogens is 242 g/mol. The molecule has 0 bridgehead atoms. The van der Waals surface area contributed by atoms with Crippen molar-refractivity contribution in [2.24, 2.45) is 0 Å². The standard InChI is InChI=1S/C10H17N3O3S/c1-9-7-10(16-12-9)8-11-17(14,15)13-5-3-2-4-6-13/h7,11H,2-6,8H2,1H3. The summed E-state index contributed by atoms with van der Waals surface area (Å²) in [5, 5.41) is 3.71. The molecule has 0 saturated carbocycles. The van der Waals surface area contributed by atoms with Crippen LogP contribution in [0.5, 0.6) is 0 Å². The number of hydrogen-bond acceptors (Lipinski definition) is 4. The maximum atomic E-state index is 11.9. The van der Waals surface area contributed by atoms with Crippen molar-refractivity contribution in [3.8, 4) is 0 Å². The normalized spacial score (nSPS) is 18.4. The van der Waals surface area contributed by atoms with Crippen molar-refractivity contribution in [3.63, 3.8) is 0 Å². The molecule has 0 spiro atoms. The second-order valence-electron chi connectivity index (χ2n) is 4.22. The van der Waals surface area contributed by atoms with E-state index < -0.39 is 10.2 Å². The van der Waals surface area contributed by atoms with Gasteiger partial charge in [-0.1, -0.05) is 11.6 Å². The Kier molecular flexibility index (Phi) is 3.80. The first-order chi connectivity index (χ1) is 8.08. The third-order valence-electron chi connectivity index (χ3n) is 2.76. The molecule has 2 rings (SSSR count). The van der Waals surface area contributed by atoms with E-state index in [2.05, 4.69) is 9.88 Å². The third-order valence-corrected chi connectivity index (χ3v) is 4.31. The van der Waals surface area contributed by atoms with Gasteiger partial charge in [0.25, 0.3) is 10.2 Å². The summed E-state index contributed by atoms with van der Waals surface area (Å²) in [6.45, 7) is 3.15. The monoisotopic (exact) mass is 259 g/mol. The lowest BCUT2D eigenvalue weighted by Crippen LogP contribution is -2.43. The molecule has 0 amide bonds. The zero-order valence-electron chi connectivity index (χ0n) is 9.85. The van der Waals surface area contributed by atoms with Crippen LogP contribution in [0.1, 0.15) is 30.7 Å². The van der Waals surface area contributed by atoms with Crippen molar-refractivity contribution >= 4 is 10.2 Å². The maximum absolute atomic E-state index is 11.9. The highest BCUT2D eigenvalue weighted by Crippen LogP contribution is 2.12. The Balaban J connectivity index is 1.92. The van der Waals surface area contributed by atoms with Crippen LogP contribution in [-0.2, 0) is 16.8 Å². The van der Waals surface area contributed by atoms with Crippen LogP contribution in [0.3, 0.4) is 0 Å². The van der Waals surface area contributed by atoms with Gasteiger partial charge in [-0.15, -0.1) is 0 Å². The quantitative estimate of drug-likeness (QED) is 0.868. The Hall–Kier alpha value is -0.920. The van der Waals surface area contributed by atoms with Crippen LogP contribution in [-0.4, -0.2) is 31.0 Å². The molecule has 17 heavy (non-hydrogen) atoms. The van der Waals surface area contributed by atoms with Gasteiger partial charge >= 0.3 is 0 Å². The largest absolute Gasteiger partial charge is 0.360 e. The first-order valence-corrected chi connectivity index (χ1v) is 7.19. The van der Waals surface area contributed by atoms with E-state index in [-0.39, 0.29) is 6.54 Å². The van der Waals surface area contributed by atoms with E-state index in [1.807, 2.05) is 0 Å². The minimum absolute atomic E-state index is 0.152. The van der Waals surface area contributed by atoms with Crippen LogP contribution >= 0.6 is 0 Å². The zero-order chi connectivity index (χ0) is 12.3. The number of rotatable bonds is 4. The highest BCUT2D eigenvalue weighted by atomic mass is 32.2. The van der Waals surface area contributed by atoms with Crippen molar-refractivity contribution < 1.29 is 12.9 Å². The van der Waals surface area contributed by atoms with Gasteiger partial charge < -0.3 is 4.52 Å². The van der Waals surface area contributed by atoms with Crippen molar-refractivity contribution in [1.29, 1.82) is 0 Å². The summed E-state index contributed by atoms with van der Waals surface area (Å²) in [7, 11) is -3.38. The van der Waals surface area contributed by atoms with Gasteiger partial charge in [-0.2, -0.15) is 17.4 Å². The summed E-state index contributed by atoms with van der Waals surface area (Å²) in [4.78, 5) is 0. The molecule has 1 fully saturated rings. The van der Waals surface area contributed by atoms with E-state index in [0.717, 1.165) is 25.0 Å². The summed E-state index contributed by atoms with van der Waals surface area (Å²) in [5.74, 6) is 0.531. The lowest BCUT2D eigenvalue weighted by atomic mass is 10.2. The van der Waals surface area contributed by atoms with Gasteiger partial charge in [-0.3, -0.25) is 0 Å².